The summed E-state index contributed by atoms with van der Waals surface area (Å²) in [6.07, 6.45) is 3.68. The van der Waals surface area contributed by atoms with Gasteiger partial charge >= 0.3 is 0 Å². The molecule has 0 fully saturated rings. The number of ether oxygens (including phenoxy) is 1. The van der Waals surface area contributed by atoms with E-state index in [-0.39, 0.29) is 5.43 Å². The van der Waals surface area contributed by atoms with Crippen LogP contribution >= 0.6 is 0 Å². The largest absolute Gasteiger partial charge is 0.497 e. The van der Waals surface area contributed by atoms with Crippen LogP contribution in [0, 0.1) is 0 Å². The highest BCUT2D eigenvalue weighted by molar-refractivity contribution is 5.68. The van der Waals surface area contributed by atoms with Gasteiger partial charge in [0.05, 0.1) is 7.11 Å². The zero-order valence-corrected chi connectivity index (χ0v) is 12.7. The molecule has 1 aromatic heterocycles. The molecule has 1 heterocycles. The van der Waals surface area contributed by atoms with E-state index in [0.717, 1.165) is 16.9 Å². The average molecular weight is 304 g/mol. The minimum Gasteiger partial charge on any atom is -0.497 e. The monoisotopic (exact) mass is 304 g/mol. The van der Waals surface area contributed by atoms with Gasteiger partial charge in [-0.15, -0.1) is 0 Å². The lowest BCUT2D eigenvalue weighted by Gasteiger charge is -2.02. The Balaban J connectivity index is 1.89. The van der Waals surface area contributed by atoms with E-state index < -0.39 is 0 Å². The van der Waals surface area contributed by atoms with E-state index in [2.05, 4.69) is 0 Å². The Bertz CT molecular complexity index is 859. The second-order valence-corrected chi connectivity index (χ2v) is 5.03. The summed E-state index contributed by atoms with van der Waals surface area (Å²) in [6, 6.07) is 20.2. The Morgan fingerprint density at radius 3 is 2.35 bits per heavy atom. The molecule has 0 spiro atoms. The van der Waals surface area contributed by atoms with Crippen molar-refractivity contribution < 1.29 is 9.15 Å². The highest BCUT2D eigenvalue weighted by Gasteiger charge is 2.02. The highest BCUT2D eigenvalue weighted by Crippen LogP contribution is 2.20. The SMILES string of the molecule is COc1ccc(C=Cc2cc(=O)cc(-c3ccccc3)o2)cc1. The van der Waals surface area contributed by atoms with E-state index in [0.29, 0.717) is 11.5 Å². The molecule has 114 valence electrons. The molecule has 0 aliphatic rings. The number of benzene rings is 2. The van der Waals surface area contributed by atoms with Gasteiger partial charge in [-0.3, -0.25) is 4.79 Å². The lowest BCUT2D eigenvalue weighted by molar-refractivity contribution is 0.415. The minimum atomic E-state index is -0.0792. The molecule has 3 rings (SSSR count). The van der Waals surface area contributed by atoms with E-state index in [9.17, 15) is 4.79 Å². The van der Waals surface area contributed by atoms with E-state index in [1.54, 1.807) is 13.2 Å². The van der Waals surface area contributed by atoms with Crippen molar-refractivity contribution in [1.29, 1.82) is 0 Å². The summed E-state index contributed by atoms with van der Waals surface area (Å²) in [5, 5.41) is 0. The molecule has 0 aliphatic heterocycles. The van der Waals surface area contributed by atoms with Crippen molar-refractivity contribution in [2.75, 3.05) is 7.11 Å². The Morgan fingerprint density at radius 2 is 1.65 bits per heavy atom. The second-order valence-electron chi connectivity index (χ2n) is 5.03. The van der Waals surface area contributed by atoms with E-state index in [1.807, 2.05) is 60.7 Å². The maximum Gasteiger partial charge on any atom is 0.186 e. The fourth-order valence-corrected chi connectivity index (χ4v) is 2.22. The molecule has 0 atom stereocenters. The molecule has 3 heteroatoms. The highest BCUT2D eigenvalue weighted by atomic mass is 16.5. The lowest BCUT2D eigenvalue weighted by Crippen LogP contribution is -1.98. The zero-order valence-electron chi connectivity index (χ0n) is 12.7. The van der Waals surface area contributed by atoms with Crippen molar-refractivity contribution in [2.45, 2.75) is 0 Å². The van der Waals surface area contributed by atoms with Crippen LogP contribution in [0.25, 0.3) is 23.5 Å². The standard InChI is InChI=1S/C20H16O3/c1-22-18-10-7-15(8-11-18)9-12-19-13-17(21)14-20(23-19)16-5-3-2-4-6-16/h2-14H,1H3. The number of methoxy groups -OCH3 is 1. The Morgan fingerprint density at radius 1 is 0.913 bits per heavy atom. The summed E-state index contributed by atoms with van der Waals surface area (Å²) in [5.74, 6) is 1.89. The van der Waals surface area contributed by atoms with Crippen LogP contribution in [0.1, 0.15) is 11.3 Å². The Hall–Kier alpha value is -3.07. The Labute approximate surface area is 134 Å². The van der Waals surface area contributed by atoms with Crippen LogP contribution in [0.2, 0.25) is 0 Å². The van der Waals surface area contributed by atoms with Crippen LogP contribution in [0.4, 0.5) is 0 Å². The summed E-state index contributed by atoms with van der Waals surface area (Å²) < 4.78 is 10.9. The fraction of sp³-hybridized carbons (Fsp3) is 0.0500. The number of hydrogen-bond acceptors (Lipinski definition) is 3. The maximum absolute atomic E-state index is 11.9. The van der Waals surface area contributed by atoms with Gasteiger partial charge in [-0.2, -0.15) is 0 Å². The first-order valence-electron chi connectivity index (χ1n) is 7.27. The molecule has 3 nitrogen and oxygen atoms in total. The van der Waals surface area contributed by atoms with Gasteiger partial charge in [-0.1, -0.05) is 48.5 Å². The molecule has 2 aromatic carbocycles. The summed E-state index contributed by atoms with van der Waals surface area (Å²) in [4.78, 5) is 11.9. The Kier molecular flexibility index (Phi) is 4.39. The van der Waals surface area contributed by atoms with Gasteiger partial charge in [0.1, 0.15) is 17.3 Å². The maximum atomic E-state index is 11.9. The van der Waals surface area contributed by atoms with Gasteiger partial charge in [0.25, 0.3) is 0 Å². The van der Waals surface area contributed by atoms with Crippen molar-refractivity contribution in [1.82, 2.24) is 0 Å². The van der Waals surface area contributed by atoms with Crippen LogP contribution in [-0.4, -0.2) is 7.11 Å². The first-order chi connectivity index (χ1) is 11.2. The summed E-state index contributed by atoms with van der Waals surface area (Å²) >= 11 is 0. The third kappa shape index (κ3) is 3.77. The third-order valence-corrected chi connectivity index (χ3v) is 3.40. The molecular formula is C20H16O3. The predicted octanol–water partition coefficient (Wildman–Crippen LogP) is 4.49. The van der Waals surface area contributed by atoms with E-state index in [4.69, 9.17) is 9.15 Å². The van der Waals surface area contributed by atoms with Crippen molar-refractivity contribution >= 4 is 12.2 Å². The van der Waals surface area contributed by atoms with Crippen LogP contribution in [0.3, 0.4) is 0 Å². The lowest BCUT2D eigenvalue weighted by atomic mass is 10.1. The smallest absolute Gasteiger partial charge is 0.186 e. The van der Waals surface area contributed by atoms with Gasteiger partial charge in [-0.05, 0) is 23.8 Å². The van der Waals surface area contributed by atoms with Gasteiger partial charge in [0.2, 0.25) is 0 Å². The fourth-order valence-electron chi connectivity index (χ4n) is 2.22. The quantitative estimate of drug-likeness (QED) is 0.713. The molecule has 0 saturated heterocycles. The number of hydrogen-bond donors (Lipinski definition) is 0. The third-order valence-electron chi connectivity index (χ3n) is 3.40. The normalized spacial score (nSPS) is 10.8. The molecule has 0 radical (unpaired) electrons. The van der Waals surface area contributed by atoms with Crippen molar-refractivity contribution in [3.05, 3.63) is 88.3 Å². The van der Waals surface area contributed by atoms with Crippen molar-refractivity contribution in [3.8, 4) is 17.1 Å². The summed E-state index contributed by atoms with van der Waals surface area (Å²) in [5.41, 5.74) is 1.80. The van der Waals surface area contributed by atoms with Crippen molar-refractivity contribution in [2.24, 2.45) is 0 Å². The summed E-state index contributed by atoms with van der Waals surface area (Å²) in [7, 11) is 1.63. The van der Waals surface area contributed by atoms with E-state index >= 15 is 0 Å². The predicted molar refractivity (Wildman–Crippen MR) is 92.3 cm³/mol. The van der Waals surface area contributed by atoms with Crippen LogP contribution in [0.15, 0.2) is 75.9 Å². The van der Waals surface area contributed by atoms with Crippen LogP contribution in [0.5, 0.6) is 5.75 Å². The molecule has 0 amide bonds. The van der Waals surface area contributed by atoms with E-state index in [1.165, 1.54) is 12.1 Å². The molecule has 0 bridgehead atoms. The van der Waals surface area contributed by atoms with Crippen LogP contribution < -0.4 is 10.2 Å². The first-order valence-corrected chi connectivity index (χ1v) is 7.27. The molecular weight excluding hydrogens is 288 g/mol. The topological polar surface area (TPSA) is 39.4 Å². The van der Waals surface area contributed by atoms with Crippen LogP contribution in [-0.2, 0) is 0 Å². The van der Waals surface area contributed by atoms with Crippen molar-refractivity contribution in [3.63, 3.8) is 0 Å². The molecule has 0 N–H and O–H groups in total. The molecule has 0 saturated carbocycles. The first kappa shape index (κ1) is 14.9. The van der Waals surface area contributed by atoms with Gasteiger partial charge in [-0.25, -0.2) is 0 Å². The zero-order chi connectivity index (χ0) is 16.1. The summed E-state index contributed by atoms with van der Waals surface area (Å²) in [6.45, 7) is 0. The van der Waals surface area contributed by atoms with Gasteiger partial charge < -0.3 is 9.15 Å². The molecule has 0 aliphatic carbocycles. The average Bonchev–Trinajstić information content (AvgIpc) is 2.61. The molecule has 23 heavy (non-hydrogen) atoms. The molecule has 3 aromatic rings. The molecule has 0 unspecified atom stereocenters. The van der Waals surface area contributed by atoms with Gasteiger partial charge in [0.15, 0.2) is 5.43 Å². The number of rotatable bonds is 4. The van der Waals surface area contributed by atoms with Gasteiger partial charge in [0, 0.05) is 17.7 Å². The second kappa shape index (κ2) is 6.79. The minimum absolute atomic E-state index is 0.0792.